The first-order chi connectivity index (χ1) is 16.6. The number of aromatic nitrogens is 4. The van der Waals surface area contributed by atoms with Gasteiger partial charge in [0.25, 0.3) is 0 Å². The molecule has 34 heavy (non-hydrogen) atoms. The second-order valence-corrected chi connectivity index (χ2v) is 6.85. The van der Waals surface area contributed by atoms with Crippen LogP contribution in [0.3, 0.4) is 0 Å². The van der Waals surface area contributed by atoms with Crippen molar-refractivity contribution in [3.63, 3.8) is 0 Å². The first-order valence-electron chi connectivity index (χ1n) is 9.90. The molecular formula is C22H20N10O2. The molecule has 0 saturated carbocycles. The average Bonchev–Trinajstić information content (AvgIpc) is 3.28. The molecule has 4 rings (SSSR count). The Morgan fingerprint density at radius 3 is 2.41 bits per heavy atom. The van der Waals surface area contributed by atoms with Crippen LogP contribution in [0.5, 0.6) is 11.5 Å². The normalized spacial score (nSPS) is 10.3. The van der Waals surface area contributed by atoms with Crippen LogP contribution in [0.25, 0.3) is 5.65 Å². The maximum absolute atomic E-state index is 9.48. The van der Waals surface area contributed by atoms with Crippen LogP contribution in [0.1, 0.15) is 5.69 Å². The molecule has 3 aromatic heterocycles. The van der Waals surface area contributed by atoms with E-state index < -0.39 is 0 Å². The third-order valence-electron chi connectivity index (χ3n) is 4.79. The van der Waals surface area contributed by atoms with Gasteiger partial charge in [0, 0.05) is 23.9 Å². The van der Waals surface area contributed by atoms with Crippen LogP contribution < -0.4 is 25.0 Å². The number of benzene rings is 1. The van der Waals surface area contributed by atoms with E-state index in [0.717, 1.165) is 12.7 Å². The minimum Gasteiger partial charge on any atom is -0.497 e. The van der Waals surface area contributed by atoms with Gasteiger partial charge >= 0.3 is 0 Å². The highest BCUT2D eigenvalue weighted by Gasteiger charge is 2.14. The second-order valence-electron chi connectivity index (χ2n) is 6.85. The van der Waals surface area contributed by atoms with Crippen LogP contribution in [0, 0.1) is 22.1 Å². The first-order valence-corrected chi connectivity index (χ1v) is 9.90. The van der Waals surface area contributed by atoms with Gasteiger partial charge in [0.15, 0.2) is 17.2 Å². The Labute approximate surface area is 194 Å². The van der Waals surface area contributed by atoms with E-state index in [1.807, 2.05) is 0 Å². The minimum absolute atomic E-state index is 0.259. The van der Waals surface area contributed by atoms with Crippen LogP contribution >= 0.6 is 0 Å². The van der Waals surface area contributed by atoms with Gasteiger partial charge in [0.05, 0.1) is 50.7 Å². The van der Waals surface area contributed by atoms with Crippen molar-refractivity contribution in [2.24, 2.45) is 0 Å². The van der Waals surface area contributed by atoms with Gasteiger partial charge in [0.1, 0.15) is 23.4 Å². The van der Waals surface area contributed by atoms with E-state index in [1.54, 1.807) is 49.7 Å². The van der Waals surface area contributed by atoms with E-state index >= 15 is 0 Å². The lowest BCUT2D eigenvalue weighted by molar-refractivity contribution is 0.413. The number of fused-ring (bicyclic) bond motifs is 1. The van der Waals surface area contributed by atoms with Crippen molar-refractivity contribution in [2.45, 2.75) is 0 Å². The Morgan fingerprint density at radius 2 is 1.76 bits per heavy atom. The molecule has 4 aromatic rings. The standard InChI is InChI=1S/C22H20N10O2/c1-33-17-3-4-20(26-11-17)29-19-8-21(30-32-16(9-23)10-27-22(19)32)28-14-5-15(31(12-24)13-25)7-18(6-14)34-2/h3-8,10-13,24-25H,1-2H3,(H,26,29)(H,28,30). The molecule has 0 aliphatic rings. The zero-order chi connectivity index (χ0) is 24.1. The molecule has 0 aliphatic heterocycles. The van der Waals surface area contributed by atoms with Gasteiger partial charge in [-0.3, -0.25) is 15.7 Å². The molecule has 0 bridgehead atoms. The topological polar surface area (TPSA) is 160 Å². The fourth-order valence-corrected chi connectivity index (χ4v) is 3.17. The molecule has 170 valence electrons. The molecule has 12 heteroatoms. The number of hydrogen-bond acceptors (Lipinski definition) is 10. The van der Waals surface area contributed by atoms with Crippen LogP contribution in [-0.2, 0) is 0 Å². The Hall–Kier alpha value is -5.18. The van der Waals surface area contributed by atoms with Crippen molar-refractivity contribution in [1.29, 1.82) is 16.1 Å². The fourth-order valence-electron chi connectivity index (χ4n) is 3.17. The van der Waals surface area contributed by atoms with E-state index in [-0.39, 0.29) is 5.69 Å². The Bertz CT molecular complexity index is 1380. The highest BCUT2D eigenvalue weighted by Crippen LogP contribution is 2.30. The van der Waals surface area contributed by atoms with Gasteiger partial charge < -0.3 is 20.1 Å². The summed E-state index contributed by atoms with van der Waals surface area (Å²) in [5.41, 5.74) is 2.43. The summed E-state index contributed by atoms with van der Waals surface area (Å²) in [5, 5.41) is 35.4. The highest BCUT2D eigenvalue weighted by molar-refractivity contribution is 5.98. The van der Waals surface area contributed by atoms with Gasteiger partial charge in [-0.2, -0.15) is 9.78 Å². The number of nitrogens with one attached hydrogen (secondary N) is 4. The minimum atomic E-state index is 0.259. The molecule has 12 nitrogen and oxygen atoms in total. The van der Waals surface area contributed by atoms with Gasteiger partial charge in [0.2, 0.25) is 0 Å². The summed E-state index contributed by atoms with van der Waals surface area (Å²) in [6.45, 7) is 0. The quantitative estimate of drug-likeness (QED) is 0.218. The van der Waals surface area contributed by atoms with Gasteiger partial charge in [-0.1, -0.05) is 0 Å². The molecular weight excluding hydrogens is 436 g/mol. The largest absolute Gasteiger partial charge is 0.497 e. The second kappa shape index (κ2) is 9.53. The van der Waals surface area contributed by atoms with Crippen LogP contribution in [0.2, 0.25) is 0 Å². The van der Waals surface area contributed by atoms with E-state index in [9.17, 15) is 5.26 Å². The molecule has 0 radical (unpaired) electrons. The molecule has 0 atom stereocenters. The summed E-state index contributed by atoms with van der Waals surface area (Å²) in [7, 11) is 3.09. The predicted molar refractivity (Wildman–Crippen MR) is 128 cm³/mol. The average molecular weight is 456 g/mol. The fraction of sp³-hybridized carbons (Fsp3) is 0.0909. The number of methoxy groups -OCH3 is 2. The van der Waals surface area contributed by atoms with Gasteiger partial charge in [-0.25, -0.2) is 9.97 Å². The van der Waals surface area contributed by atoms with Crippen molar-refractivity contribution in [3.8, 4) is 17.6 Å². The van der Waals surface area contributed by atoms with Crippen molar-refractivity contribution < 1.29 is 9.47 Å². The van der Waals surface area contributed by atoms with E-state index in [0.29, 0.717) is 45.8 Å². The summed E-state index contributed by atoms with van der Waals surface area (Å²) in [4.78, 5) is 9.95. The number of ether oxygens (including phenoxy) is 2. The Balaban J connectivity index is 1.75. The lowest BCUT2D eigenvalue weighted by atomic mass is 10.2. The maximum Gasteiger partial charge on any atom is 0.179 e. The summed E-state index contributed by atoms with van der Waals surface area (Å²) >= 11 is 0. The molecule has 0 unspecified atom stereocenters. The SMILES string of the molecule is COc1ccc(Nc2cc(Nc3cc(OC)cc(N(C=N)C=N)c3)nn3c(C#N)cnc23)nc1. The molecule has 0 amide bonds. The van der Waals surface area contributed by atoms with Gasteiger partial charge in [-0.05, 0) is 18.2 Å². The molecule has 1 aromatic carbocycles. The molecule has 3 heterocycles. The number of nitriles is 1. The lowest BCUT2D eigenvalue weighted by Gasteiger charge is -2.16. The Kier molecular flexibility index (Phi) is 6.18. The summed E-state index contributed by atoms with van der Waals surface area (Å²) in [6, 6.07) is 12.5. The van der Waals surface area contributed by atoms with Gasteiger partial charge in [-0.15, -0.1) is 5.10 Å². The van der Waals surface area contributed by atoms with E-state index in [4.69, 9.17) is 20.3 Å². The number of imidazole rings is 1. The summed E-state index contributed by atoms with van der Waals surface area (Å²) in [5.74, 6) is 2.11. The maximum atomic E-state index is 9.48. The number of pyridine rings is 1. The Morgan fingerprint density at radius 1 is 0.971 bits per heavy atom. The molecule has 4 N–H and O–H groups in total. The van der Waals surface area contributed by atoms with Crippen LogP contribution in [0.4, 0.5) is 28.7 Å². The number of hydrogen-bond donors (Lipinski definition) is 4. The lowest BCUT2D eigenvalue weighted by Crippen LogP contribution is -2.17. The summed E-state index contributed by atoms with van der Waals surface area (Å²) in [6.07, 6.45) is 5.06. The molecule has 0 spiro atoms. The zero-order valence-corrected chi connectivity index (χ0v) is 18.3. The number of nitrogens with zero attached hydrogens (tertiary/aromatic N) is 6. The van der Waals surface area contributed by atoms with Crippen molar-refractivity contribution >= 4 is 47.0 Å². The van der Waals surface area contributed by atoms with Crippen LogP contribution in [0.15, 0.2) is 48.8 Å². The van der Waals surface area contributed by atoms with E-state index in [1.165, 1.54) is 22.7 Å². The molecule has 0 saturated heterocycles. The summed E-state index contributed by atoms with van der Waals surface area (Å²) < 4.78 is 11.9. The van der Waals surface area contributed by atoms with E-state index in [2.05, 4.69) is 31.8 Å². The molecule has 0 fully saturated rings. The third kappa shape index (κ3) is 4.39. The monoisotopic (exact) mass is 456 g/mol. The third-order valence-corrected chi connectivity index (χ3v) is 4.79. The number of rotatable bonds is 9. The predicted octanol–water partition coefficient (Wildman–Crippen LogP) is 3.52. The van der Waals surface area contributed by atoms with Crippen molar-refractivity contribution in [1.82, 2.24) is 19.6 Å². The zero-order valence-electron chi connectivity index (χ0n) is 18.3. The first kappa shape index (κ1) is 22.0. The van der Waals surface area contributed by atoms with Crippen LogP contribution in [-0.4, -0.2) is 46.5 Å². The molecule has 0 aliphatic carbocycles. The highest BCUT2D eigenvalue weighted by atomic mass is 16.5. The van der Waals surface area contributed by atoms with Crippen molar-refractivity contribution in [3.05, 3.63) is 54.5 Å². The number of anilines is 5. The smallest absolute Gasteiger partial charge is 0.179 e. The van der Waals surface area contributed by atoms with Crippen molar-refractivity contribution in [2.75, 3.05) is 29.8 Å².